The van der Waals surface area contributed by atoms with Crippen molar-refractivity contribution in [3.63, 3.8) is 0 Å². The van der Waals surface area contributed by atoms with Crippen LogP contribution < -0.4 is 16.1 Å². The average molecular weight is 442 g/mol. The van der Waals surface area contributed by atoms with E-state index >= 15 is 0 Å². The van der Waals surface area contributed by atoms with E-state index in [1.807, 2.05) is 44.2 Å². The smallest absolute Gasteiger partial charge is 0.326 e. The van der Waals surface area contributed by atoms with Gasteiger partial charge in [0, 0.05) is 6.16 Å². The van der Waals surface area contributed by atoms with E-state index in [0.717, 1.165) is 24.8 Å². The van der Waals surface area contributed by atoms with Crippen LogP contribution in [0.5, 0.6) is 0 Å². The number of unbranched alkanes of at least 4 members (excludes halogenated alkanes) is 3. The Morgan fingerprint density at radius 2 is 1.70 bits per heavy atom. The van der Waals surface area contributed by atoms with E-state index in [4.69, 9.17) is 5.73 Å². The topological polar surface area (TPSA) is 142 Å². The van der Waals surface area contributed by atoms with Crippen molar-refractivity contribution in [2.45, 2.75) is 64.5 Å². The number of carbonyl (C=O) groups excluding carboxylic acids is 1. The molecule has 1 aromatic carbocycles. The van der Waals surface area contributed by atoms with Crippen molar-refractivity contribution < 1.29 is 24.2 Å². The van der Waals surface area contributed by atoms with Crippen LogP contribution >= 0.6 is 7.52 Å². The molecule has 0 aromatic heterocycles. The molecule has 0 spiro atoms. The van der Waals surface area contributed by atoms with Gasteiger partial charge in [-0.25, -0.2) is 9.88 Å². The number of nitrogens with one attached hydrogen (secondary N) is 2. The van der Waals surface area contributed by atoms with Crippen molar-refractivity contribution in [1.29, 1.82) is 0 Å². The summed E-state index contributed by atoms with van der Waals surface area (Å²) in [6.45, 7) is 4.33. The van der Waals surface area contributed by atoms with Gasteiger partial charge in [-0.3, -0.25) is 9.36 Å². The highest BCUT2D eigenvalue weighted by molar-refractivity contribution is 7.55. The Bertz CT molecular complexity index is 699. The van der Waals surface area contributed by atoms with E-state index < -0.39 is 31.5 Å². The molecule has 0 fully saturated rings. The predicted octanol–water partition coefficient (Wildman–Crippen LogP) is 2.51. The Labute approximate surface area is 179 Å². The van der Waals surface area contributed by atoms with Crippen LogP contribution in [0.2, 0.25) is 0 Å². The highest BCUT2D eigenvalue weighted by Gasteiger charge is 2.30. The van der Waals surface area contributed by atoms with Crippen LogP contribution in [0.4, 0.5) is 0 Å². The number of rotatable bonds is 15. The maximum absolute atomic E-state index is 12.9. The van der Waals surface area contributed by atoms with E-state index in [9.17, 15) is 24.2 Å². The number of nitrogens with two attached hydrogens (primary N) is 1. The van der Waals surface area contributed by atoms with Crippen LogP contribution in [0.25, 0.3) is 0 Å². The zero-order chi connectivity index (χ0) is 22.6. The standard InChI is InChI=1S/C21H36N3O5P/c1-16(2)14-19(21(26)27)23-20(25)18(15-17-10-6-5-7-11-17)24-30(28,29)13-9-4-3-8-12-22/h5-7,10-11,16,18-19H,3-4,8-9,12-15,22H2,1-2H3,(H,23,25)(H,26,27)(H2,24,28,29)/t18-,19-/m0/s1. The fourth-order valence-corrected chi connectivity index (χ4v) is 4.62. The Kier molecular flexibility index (Phi) is 11.9. The molecule has 1 unspecified atom stereocenters. The van der Waals surface area contributed by atoms with Gasteiger partial charge in [-0.1, -0.05) is 57.0 Å². The average Bonchev–Trinajstić information content (AvgIpc) is 2.67. The first-order valence-electron chi connectivity index (χ1n) is 10.5. The van der Waals surface area contributed by atoms with Crippen molar-refractivity contribution in [2.75, 3.05) is 12.7 Å². The van der Waals surface area contributed by atoms with Gasteiger partial charge in [0.1, 0.15) is 6.04 Å². The largest absolute Gasteiger partial charge is 0.480 e. The Balaban J connectivity index is 2.86. The quantitative estimate of drug-likeness (QED) is 0.208. The van der Waals surface area contributed by atoms with Crippen LogP contribution in [-0.2, 0) is 20.6 Å². The Hall–Kier alpha value is -1.73. The number of amides is 1. The summed E-state index contributed by atoms with van der Waals surface area (Å²) >= 11 is 0. The number of carbonyl (C=O) groups is 2. The third-order valence-electron chi connectivity index (χ3n) is 4.69. The number of benzene rings is 1. The monoisotopic (exact) mass is 441 g/mol. The summed E-state index contributed by atoms with van der Waals surface area (Å²) < 4.78 is 12.7. The molecule has 0 heterocycles. The molecule has 170 valence electrons. The summed E-state index contributed by atoms with van der Waals surface area (Å²) in [5.74, 6) is -1.64. The van der Waals surface area contributed by atoms with Gasteiger partial charge in [0.2, 0.25) is 5.91 Å². The molecule has 0 aliphatic rings. The zero-order valence-electron chi connectivity index (χ0n) is 17.9. The SMILES string of the molecule is CC(C)C[C@H](NC(=O)[C@H](Cc1ccccc1)NP(=O)(O)CCCCCCN)C(=O)O. The van der Waals surface area contributed by atoms with Gasteiger partial charge in [0.25, 0.3) is 7.52 Å². The van der Waals surface area contributed by atoms with E-state index in [2.05, 4.69) is 10.4 Å². The molecule has 8 nitrogen and oxygen atoms in total. The molecular weight excluding hydrogens is 405 g/mol. The fourth-order valence-electron chi connectivity index (χ4n) is 3.14. The maximum atomic E-state index is 12.9. The number of hydrogen-bond donors (Lipinski definition) is 5. The van der Waals surface area contributed by atoms with Gasteiger partial charge in [-0.2, -0.15) is 0 Å². The second-order valence-corrected chi connectivity index (χ2v) is 10.1. The minimum absolute atomic E-state index is 0.0461. The summed E-state index contributed by atoms with van der Waals surface area (Å²) in [5.41, 5.74) is 6.27. The van der Waals surface area contributed by atoms with Gasteiger partial charge in [0.05, 0.1) is 6.04 Å². The molecule has 0 saturated carbocycles. The van der Waals surface area contributed by atoms with Gasteiger partial charge >= 0.3 is 5.97 Å². The highest BCUT2D eigenvalue weighted by Crippen LogP contribution is 2.37. The number of hydrogen-bond acceptors (Lipinski definition) is 4. The molecule has 3 atom stereocenters. The van der Waals surface area contributed by atoms with Crippen LogP contribution in [0.3, 0.4) is 0 Å². The molecule has 9 heteroatoms. The van der Waals surface area contributed by atoms with Crippen LogP contribution in [0, 0.1) is 5.92 Å². The Morgan fingerprint density at radius 1 is 1.07 bits per heavy atom. The lowest BCUT2D eigenvalue weighted by atomic mass is 10.0. The second-order valence-electron chi connectivity index (χ2n) is 8.03. The van der Waals surface area contributed by atoms with Crippen molar-refractivity contribution in [2.24, 2.45) is 11.7 Å². The summed E-state index contributed by atoms with van der Waals surface area (Å²) in [6.07, 6.45) is 3.59. The summed E-state index contributed by atoms with van der Waals surface area (Å²) in [4.78, 5) is 34.8. The number of carboxylic acids is 1. The predicted molar refractivity (Wildman–Crippen MR) is 118 cm³/mol. The summed E-state index contributed by atoms with van der Waals surface area (Å²) in [7, 11) is -3.77. The second kappa shape index (κ2) is 13.5. The van der Waals surface area contributed by atoms with Crippen LogP contribution in [0.15, 0.2) is 30.3 Å². The molecular formula is C21H36N3O5P. The zero-order valence-corrected chi connectivity index (χ0v) is 18.8. The molecule has 0 bridgehead atoms. The lowest BCUT2D eigenvalue weighted by Crippen LogP contribution is -2.50. The molecule has 0 aliphatic heterocycles. The third-order valence-corrected chi connectivity index (χ3v) is 6.33. The molecule has 1 amide bonds. The molecule has 1 rings (SSSR count). The molecule has 0 radical (unpaired) electrons. The van der Waals surface area contributed by atoms with Crippen molar-refractivity contribution in [3.05, 3.63) is 35.9 Å². The number of carboxylic acid groups (broad SMARTS) is 1. The summed E-state index contributed by atoms with van der Waals surface area (Å²) in [6, 6.07) is 7.05. The normalized spacial score (nSPS) is 15.4. The van der Waals surface area contributed by atoms with Gasteiger partial charge < -0.3 is 21.1 Å². The molecule has 0 saturated heterocycles. The van der Waals surface area contributed by atoms with E-state index in [-0.39, 0.29) is 24.9 Å². The van der Waals surface area contributed by atoms with Crippen molar-refractivity contribution in [1.82, 2.24) is 10.4 Å². The minimum Gasteiger partial charge on any atom is -0.480 e. The van der Waals surface area contributed by atoms with E-state index in [1.165, 1.54) is 0 Å². The first-order valence-corrected chi connectivity index (χ1v) is 12.4. The first-order chi connectivity index (χ1) is 14.1. The highest BCUT2D eigenvalue weighted by atomic mass is 31.2. The maximum Gasteiger partial charge on any atom is 0.326 e. The minimum atomic E-state index is -3.77. The molecule has 30 heavy (non-hydrogen) atoms. The van der Waals surface area contributed by atoms with Crippen molar-refractivity contribution >= 4 is 19.4 Å². The van der Waals surface area contributed by atoms with Gasteiger partial charge in [-0.05, 0) is 43.7 Å². The van der Waals surface area contributed by atoms with Crippen LogP contribution in [0.1, 0.15) is 51.5 Å². The molecule has 0 aliphatic carbocycles. The number of aliphatic carboxylic acids is 1. The van der Waals surface area contributed by atoms with Gasteiger partial charge in [0.15, 0.2) is 0 Å². The fraction of sp³-hybridized carbons (Fsp3) is 0.619. The van der Waals surface area contributed by atoms with Crippen LogP contribution in [-0.4, -0.2) is 46.7 Å². The molecule has 1 aromatic rings. The lowest BCUT2D eigenvalue weighted by molar-refractivity contribution is -0.142. The van der Waals surface area contributed by atoms with E-state index in [0.29, 0.717) is 13.0 Å². The van der Waals surface area contributed by atoms with E-state index in [1.54, 1.807) is 0 Å². The summed E-state index contributed by atoms with van der Waals surface area (Å²) in [5, 5.41) is 14.6. The first kappa shape index (κ1) is 26.3. The third kappa shape index (κ3) is 10.9. The lowest BCUT2D eigenvalue weighted by Gasteiger charge is -2.24. The van der Waals surface area contributed by atoms with Gasteiger partial charge in [-0.15, -0.1) is 0 Å². The Morgan fingerprint density at radius 3 is 2.27 bits per heavy atom. The molecule has 6 N–H and O–H groups in total. The van der Waals surface area contributed by atoms with Crippen molar-refractivity contribution in [3.8, 4) is 0 Å².